The van der Waals surface area contributed by atoms with Crippen LogP contribution in [0.3, 0.4) is 0 Å². The summed E-state index contributed by atoms with van der Waals surface area (Å²) in [5, 5.41) is 10.4. The predicted molar refractivity (Wildman–Crippen MR) is 71.0 cm³/mol. The number of halogens is 3. The lowest BCUT2D eigenvalue weighted by molar-refractivity contribution is -0.141. The second-order valence-corrected chi connectivity index (χ2v) is 5.82. The number of hydrogen-bond donors (Lipinski definition) is 2. The van der Waals surface area contributed by atoms with Gasteiger partial charge in [-0.1, -0.05) is 18.2 Å². The fourth-order valence-corrected chi connectivity index (χ4v) is 3.22. The lowest BCUT2D eigenvalue weighted by atomic mass is 10.0. The zero-order chi connectivity index (χ0) is 15.6. The summed E-state index contributed by atoms with van der Waals surface area (Å²) in [6.07, 6.45) is -4.56. The molecule has 0 spiro atoms. The molecule has 114 valence electrons. The summed E-state index contributed by atoms with van der Waals surface area (Å²) in [5.41, 5.74) is -0.731. The van der Waals surface area contributed by atoms with E-state index in [1.807, 2.05) is 0 Å². The molecule has 0 bridgehead atoms. The minimum Gasteiger partial charge on any atom is -0.480 e. The molecule has 2 rings (SSSR count). The first kappa shape index (κ1) is 15.7. The van der Waals surface area contributed by atoms with Crippen molar-refractivity contribution in [3.05, 3.63) is 35.4 Å². The van der Waals surface area contributed by atoms with Gasteiger partial charge in [0, 0.05) is 5.75 Å². The van der Waals surface area contributed by atoms with Crippen molar-refractivity contribution in [3.8, 4) is 0 Å². The number of alkyl halides is 3. The highest BCUT2D eigenvalue weighted by molar-refractivity contribution is 8.00. The number of carboxylic acid groups (broad SMARTS) is 1. The fraction of sp³-hybridized carbons (Fsp3) is 0.385. The molecule has 21 heavy (non-hydrogen) atoms. The third kappa shape index (κ3) is 3.69. The van der Waals surface area contributed by atoms with Gasteiger partial charge in [0.2, 0.25) is 5.91 Å². The molecule has 0 aliphatic carbocycles. The monoisotopic (exact) mass is 319 g/mol. The maximum atomic E-state index is 12.9. The normalized spacial score (nSPS) is 22.7. The summed E-state index contributed by atoms with van der Waals surface area (Å²) in [4.78, 5) is 22.6. The van der Waals surface area contributed by atoms with Crippen molar-refractivity contribution in [1.29, 1.82) is 0 Å². The molecule has 0 aromatic heterocycles. The number of rotatable bonds is 3. The van der Waals surface area contributed by atoms with Crippen molar-refractivity contribution in [1.82, 2.24) is 5.32 Å². The molecule has 8 heteroatoms. The molecular formula is C13H12F3NO3S. The van der Waals surface area contributed by atoms with Crippen molar-refractivity contribution >= 4 is 23.6 Å². The molecule has 1 aliphatic rings. The molecule has 1 aromatic rings. The highest BCUT2D eigenvalue weighted by Crippen LogP contribution is 2.33. The molecule has 1 amide bonds. The first-order chi connectivity index (χ1) is 9.79. The molecule has 1 saturated heterocycles. The van der Waals surface area contributed by atoms with E-state index < -0.39 is 34.9 Å². The molecular weight excluding hydrogens is 307 g/mol. The van der Waals surface area contributed by atoms with Crippen LogP contribution in [0.1, 0.15) is 11.1 Å². The quantitative estimate of drug-likeness (QED) is 0.893. The number of carboxylic acids is 1. The number of nitrogens with one attached hydrogen (secondary N) is 1. The Morgan fingerprint density at radius 2 is 2.05 bits per heavy atom. The minimum atomic E-state index is -4.48. The molecule has 1 heterocycles. The highest BCUT2D eigenvalue weighted by Gasteiger charge is 2.36. The zero-order valence-electron chi connectivity index (χ0n) is 10.7. The SMILES string of the molecule is O=C(O)[C@@H]1CS[C@H](Cc2ccccc2C(F)(F)F)C(=O)N1. The van der Waals surface area contributed by atoms with Crippen LogP contribution < -0.4 is 5.32 Å². The van der Waals surface area contributed by atoms with Crippen molar-refractivity contribution in [3.63, 3.8) is 0 Å². The fourth-order valence-electron chi connectivity index (χ4n) is 2.05. The van der Waals surface area contributed by atoms with Crippen LogP contribution in [0.5, 0.6) is 0 Å². The van der Waals surface area contributed by atoms with Gasteiger partial charge in [0.05, 0.1) is 10.8 Å². The third-order valence-corrected chi connectivity index (χ3v) is 4.41. The highest BCUT2D eigenvalue weighted by atomic mass is 32.2. The van der Waals surface area contributed by atoms with Crippen LogP contribution in [-0.4, -0.2) is 34.0 Å². The van der Waals surface area contributed by atoms with Gasteiger partial charge in [0.15, 0.2) is 0 Å². The number of thioether (sulfide) groups is 1. The average Bonchev–Trinajstić information content (AvgIpc) is 2.40. The number of amides is 1. The number of benzene rings is 1. The summed E-state index contributed by atoms with van der Waals surface area (Å²) in [7, 11) is 0. The predicted octanol–water partition coefficient (Wildman–Crippen LogP) is 1.93. The Bertz CT molecular complexity index is 562. The first-order valence-electron chi connectivity index (χ1n) is 6.09. The van der Waals surface area contributed by atoms with Gasteiger partial charge in [-0.15, -0.1) is 11.8 Å². The average molecular weight is 319 g/mol. The van der Waals surface area contributed by atoms with Crippen LogP contribution >= 0.6 is 11.8 Å². The van der Waals surface area contributed by atoms with Gasteiger partial charge in [0.25, 0.3) is 0 Å². The summed E-state index contributed by atoms with van der Waals surface area (Å²) in [5.74, 6) is -1.56. The summed E-state index contributed by atoms with van der Waals surface area (Å²) >= 11 is 1.06. The number of hydrogen-bond acceptors (Lipinski definition) is 3. The second-order valence-electron chi connectivity index (χ2n) is 4.58. The Kier molecular flexibility index (Phi) is 4.46. The van der Waals surface area contributed by atoms with E-state index in [1.54, 1.807) is 0 Å². The van der Waals surface area contributed by atoms with Crippen LogP contribution in [0.2, 0.25) is 0 Å². The molecule has 1 fully saturated rings. The van der Waals surface area contributed by atoms with E-state index in [2.05, 4.69) is 5.32 Å². The molecule has 1 aliphatic heterocycles. The minimum absolute atomic E-state index is 0.0337. The van der Waals surface area contributed by atoms with E-state index in [4.69, 9.17) is 5.11 Å². The standard InChI is InChI=1S/C13H12F3NO3S/c14-13(15,16)8-4-2-1-3-7(8)5-10-11(18)17-9(6-21-10)12(19)20/h1-4,9-10H,5-6H2,(H,17,18)(H,19,20)/t9-,10+/m0/s1. The van der Waals surface area contributed by atoms with Gasteiger partial charge in [-0.05, 0) is 18.1 Å². The van der Waals surface area contributed by atoms with Gasteiger partial charge < -0.3 is 10.4 Å². The number of aliphatic carboxylic acids is 1. The maximum Gasteiger partial charge on any atom is 0.416 e. The van der Waals surface area contributed by atoms with Crippen molar-refractivity contribution in [2.75, 3.05) is 5.75 Å². The lowest BCUT2D eigenvalue weighted by Gasteiger charge is -2.27. The Morgan fingerprint density at radius 1 is 1.38 bits per heavy atom. The largest absolute Gasteiger partial charge is 0.480 e. The molecule has 0 unspecified atom stereocenters. The van der Waals surface area contributed by atoms with Crippen molar-refractivity contribution in [2.24, 2.45) is 0 Å². The molecule has 0 radical (unpaired) electrons. The van der Waals surface area contributed by atoms with E-state index in [-0.39, 0.29) is 17.7 Å². The summed E-state index contributed by atoms with van der Waals surface area (Å²) in [6.45, 7) is 0. The van der Waals surface area contributed by atoms with Gasteiger partial charge >= 0.3 is 12.1 Å². The Labute approximate surface area is 122 Å². The van der Waals surface area contributed by atoms with E-state index in [0.29, 0.717) is 0 Å². The number of carbonyl (C=O) groups is 2. The molecule has 0 saturated carbocycles. The van der Waals surface area contributed by atoms with Gasteiger partial charge in [-0.3, -0.25) is 4.79 Å². The van der Waals surface area contributed by atoms with Crippen LogP contribution in [0, 0.1) is 0 Å². The van der Waals surface area contributed by atoms with Crippen LogP contribution in [-0.2, 0) is 22.2 Å². The smallest absolute Gasteiger partial charge is 0.416 e. The van der Waals surface area contributed by atoms with E-state index in [1.165, 1.54) is 18.2 Å². The Hall–Kier alpha value is -1.70. The third-order valence-electron chi connectivity index (χ3n) is 3.10. The molecule has 2 N–H and O–H groups in total. The molecule has 4 nitrogen and oxygen atoms in total. The summed E-state index contributed by atoms with van der Waals surface area (Å²) < 4.78 is 38.6. The van der Waals surface area contributed by atoms with E-state index >= 15 is 0 Å². The van der Waals surface area contributed by atoms with Gasteiger partial charge in [-0.2, -0.15) is 13.2 Å². The lowest BCUT2D eigenvalue weighted by Crippen LogP contribution is -2.51. The van der Waals surface area contributed by atoms with Crippen LogP contribution in [0.15, 0.2) is 24.3 Å². The van der Waals surface area contributed by atoms with Crippen molar-refractivity contribution in [2.45, 2.75) is 23.9 Å². The van der Waals surface area contributed by atoms with Gasteiger partial charge in [-0.25, -0.2) is 4.79 Å². The zero-order valence-corrected chi connectivity index (χ0v) is 11.5. The molecule has 1 aromatic carbocycles. The second kappa shape index (κ2) is 5.97. The summed E-state index contributed by atoms with van der Waals surface area (Å²) in [6, 6.07) is 4.09. The maximum absolute atomic E-state index is 12.9. The van der Waals surface area contributed by atoms with Crippen LogP contribution in [0.4, 0.5) is 13.2 Å². The topological polar surface area (TPSA) is 66.4 Å². The van der Waals surface area contributed by atoms with Crippen molar-refractivity contribution < 1.29 is 27.9 Å². The van der Waals surface area contributed by atoms with Gasteiger partial charge in [0.1, 0.15) is 6.04 Å². The van der Waals surface area contributed by atoms with E-state index in [0.717, 1.165) is 17.8 Å². The molecule has 2 atom stereocenters. The van der Waals surface area contributed by atoms with Crippen LogP contribution in [0.25, 0.3) is 0 Å². The number of carbonyl (C=O) groups excluding carboxylic acids is 1. The Morgan fingerprint density at radius 3 is 2.62 bits per heavy atom. The Balaban J connectivity index is 2.13. The van der Waals surface area contributed by atoms with E-state index in [9.17, 15) is 22.8 Å². The first-order valence-corrected chi connectivity index (χ1v) is 7.14.